The molecule has 0 aliphatic heterocycles. The SMILES string of the molecule is O/N=C1\CC[C@H]2CCCC[C@H]12. The summed E-state index contributed by atoms with van der Waals surface area (Å²) in [5, 5.41) is 12.1. The Morgan fingerprint density at radius 1 is 1.18 bits per heavy atom. The summed E-state index contributed by atoms with van der Waals surface area (Å²) in [5.41, 5.74) is 1.08. The molecule has 0 heterocycles. The molecule has 0 aromatic heterocycles. The van der Waals surface area contributed by atoms with Gasteiger partial charge in [-0.2, -0.15) is 0 Å². The van der Waals surface area contributed by atoms with E-state index in [0.717, 1.165) is 18.1 Å². The third kappa shape index (κ3) is 1.15. The van der Waals surface area contributed by atoms with Crippen LogP contribution in [0.25, 0.3) is 0 Å². The minimum atomic E-state index is 0.647. The minimum Gasteiger partial charge on any atom is -0.411 e. The van der Waals surface area contributed by atoms with Gasteiger partial charge < -0.3 is 5.21 Å². The van der Waals surface area contributed by atoms with Gasteiger partial charge in [-0.3, -0.25) is 0 Å². The van der Waals surface area contributed by atoms with Crippen molar-refractivity contribution in [2.24, 2.45) is 17.0 Å². The lowest BCUT2D eigenvalue weighted by atomic mass is 9.81. The second-order valence-electron chi connectivity index (χ2n) is 3.78. The number of hydrogen-bond acceptors (Lipinski definition) is 2. The zero-order valence-corrected chi connectivity index (χ0v) is 6.79. The molecule has 0 saturated heterocycles. The Morgan fingerprint density at radius 2 is 2.00 bits per heavy atom. The first-order valence-electron chi connectivity index (χ1n) is 4.62. The monoisotopic (exact) mass is 153 g/mol. The molecule has 2 aliphatic rings. The summed E-state index contributed by atoms with van der Waals surface area (Å²) >= 11 is 0. The number of rotatable bonds is 0. The molecule has 0 amide bonds. The highest BCUT2D eigenvalue weighted by molar-refractivity contribution is 5.88. The summed E-state index contributed by atoms with van der Waals surface area (Å²) < 4.78 is 0. The van der Waals surface area contributed by atoms with Crippen LogP contribution in [0.1, 0.15) is 38.5 Å². The first kappa shape index (κ1) is 7.14. The van der Waals surface area contributed by atoms with E-state index in [9.17, 15) is 0 Å². The van der Waals surface area contributed by atoms with Crippen molar-refractivity contribution in [2.45, 2.75) is 38.5 Å². The van der Waals surface area contributed by atoms with E-state index in [4.69, 9.17) is 5.21 Å². The fraction of sp³-hybridized carbons (Fsp3) is 0.889. The molecule has 62 valence electrons. The van der Waals surface area contributed by atoms with Crippen LogP contribution in [0.2, 0.25) is 0 Å². The summed E-state index contributed by atoms with van der Waals surface area (Å²) in [6.07, 6.45) is 7.67. The van der Waals surface area contributed by atoms with Crippen molar-refractivity contribution in [2.75, 3.05) is 0 Å². The normalized spacial score (nSPS) is 40.9. The average Bonchev–Trinajstić information content (AvgIpc) is 2.47. The van der Waals surface area contributed by atoms with Crippen molar-refractivity contribution in [1.29, 1.82) is 0 Å². The zero-order chi connectivity index (χ0) is 7.68. The molecule has 2 rings (SSSR count). The Hall–Kier alpha value is -0.530. The summed E-state index contributed by atoms with van der Waals surface area (Å²) in [6, 6.07) is 0. The Bertz CT molecular complexity index is 176. The van der Waals surface area contributed by atoms with Gasteiger partial charge in [-0.1, -0.05) is 18.0 Å². The number of oxime groups is 1. The lowest BCUT2D eigenvalue weighted by Crippen LogP contribution is -2.18. The third-order valence-corrected chi connectivity index (χ3v) is 3.24. The number of fused-ring (bicyclic) bond motifs is 1. The van der Waals surface area contributed by atoms with Gasteiger partial charge in [0.2, 0.25) is 0 Å². The van der Waals surface area contributed by atoms with Gasteiger partial charge in [0.15, 0.2) is 0 Å². The third-order valence-electron chi connectivity index (χ3n) is 3.24. The van der Waals surface area contributed by atoms with E-state index in [1.54, 1.807) is 0 Å². The van der Waals surface area contributed by atoms with Gasteiger partial charge in [0.1, 0.15) is 0 Å². The number of nitrogens with zero attached hydrogens (tertiary/aromatic N) is 1. The molecule has 11 heavy (non-hydrogen) atoms. The van der Waals surface area contributed by atoms with Crippen LogP contribution in [-0.2, 0) is 0 Å². The molecule has 0 aromatic rings. The first-order chi connectivity index (χ1) is 5.42. The van der Waals surface area contributed by atoms with Gasteiger partial charge in [0.05, 0.1) is 5.71 Å². The molecule has 2 atom stereocenters. The van der Waals surface area contributed by atoms with Crippen LogP contribution in [0.15, 0.2) is 5.16 Å². The largest absolute Gasteiger partial charge is 0.411 e. The molecule has 0 bridgehead atoms. The van der Waals surface area contributed by atoms with Crippen LogP contribution in [0.5, 0.6) is 0 Å². The van der Waals surface area contributed by atoms with E-state index < -0.39 is 0 Å². The van der Waals surface area contributed by atoms with Crippen LogP contribution in [0, 0.1) is 11.8 Å². The quantitative estimate of drug-likeness (QED) is 0.420. The molecular formula is C9H15NO. The minimum absolute atomic E-state index is 0.647. The molecule has 2 nitrogen and oxygen atoms in total. The van der Waals surface area contributed by atoms with Gasteiger partial charge in [-0.25, -0.2) is 0 Å². The molecule has 1 N–H and O–H groups in total. The number of hydrogen-bond donors (Lipinski definition) is 1. The molecule has 0 unspecified atom stereocenters. The first-order valence-corrected chi connectivity index (χ1v) is 4.62. The van der Waals surface area contributed by atoms with Gasteiger partial charge in [0, 0.05) is 5.92 Å². The van der Waals surface area contributed by atoms with Crippen molar-refractivity contribution in [3.05, 3.63) is 0 Å². The van der Waals surface area contributed by atoms with E-state index in [1.807, 2.05) is 0 Å². The summed E-state index contributed by atoms with van der Waals surface area (Å²) in [7, 11) is 0. The predicted molar refractivity (Wildman–Crippen MR) is 43.9 cm³/mol. The van der Waals surface area contributed by atoms with Crippen LogP contribution >= 0.6 is 0 Å². The second kappa shape index (κ2) is 2.84. The maximum Gasteiger partial charge on any atom is 0.0604 e. The van der Waals surface area contributed by atoms with Gasteiger partial charge in [-0.15, -0.1) is 0 Å². The fourth-order valence-electron chi connectivity index (χ4n) is 2.63. The van der Waals surface area contributed by atoms with Crippen molar-refractivity contribution in [1.82, 2.24) is 0 Å². The fourth-order valence-corrected chi connectivity index (χ4v) is 2.63. The molecule has 2 aliphatic carbocycles. The lowest BCUT2D eigenvalue weighted by Gasteiger charge is -2.24. The van der Waals surface area contributed by atoms with Crippen LogP contribution in [0.3, 0.4) is 0 Å². The van der Waals surface area contributed by atoms with Crippen molar-refractivity contribution in [3.8, 4) is 0 Å². The van der Waals surface area contributed by atoms with E-state index >= 15 is 0 Å². The highest BCUT2D eigenvalue weighted by atomic mass is 16.4. The predicted octanol–water partition coefficient (Wildman–Crippen LogP) is 2.42. The summed E-state index contributed by atoms with van der Waals surface area (Å²) in [4.78, 5) is 0. The topological polar surface area (TPSA) is 32.6 Å². The second-order valence-corrected chi connectivity index (χ2v) is 3.78. The Morgan fingerprint density at radius 3 is 2.82 bits per heavy atom. The Kier molecular flexibility index (Phi) is 1.84. The summed E-state index contributed by atoms with van der Waals surface area (Å²) in [5.74, 6) is 1.50. The molecule has 0 radical (unpaired) electrons. The van der Waals surface area contributed by atoms with Gasteiger partial charge >= 0.3 is 0 Å². The van der Waals surface area contributed by atoms with Crippen molar-refractivity contribution < 1.29 is 5.21 Å². The highest BCUT2D eigenvalue weighted by Gasteiger charge is 2.34. The van der Waals surface area contributed by atoms with E-state index in [0.29, 0.717) is 5.92 Å². The molecule has 2 saturated carbocycles. The standard InChI is InChI=1S/C9H15NO/c11-10-9-6-5-7-3-1-2-4-8(7)9/h7-8,11H,1-6H2/b10-9+/t7-,8+/m1/s1. The van der Waals surface area contributed by atoms with Crippen molar-refractivity contribution in [3.63, 3.8) is 0 Å². The summed E-state index contributed by atoms with van der Waals surface area (Å²) in [6.45, 7) is 0. The van der Waals surface area contributed by atoms with E-state index in [1.165, 1.54) is 32.1 Å². The molecule has 2 heteroatoms. The Balaban J connectivity index is 2.10. The molecule has 2 fully saturated rings. The van der Waals surface area contributed by atoms with Gasteiger partial charge in [0.25, 0.3) is 0 Å². The molecule has 0 spiro atoms. The van der Waals surface area contributed by atoms with E-state index in [2.05, 4.69) is 5.16 Å². The van der Waals surface area contributed by atoms with E-state index in [-0.39, 0.29) is 0 Å². The smallest absolute Gasteiger partial charge is 0.0604 e. The van der Waals surface area contributed by atoms with Crippen molar-refractivity contribution >= 4 is 5.71 Å². The zero-order valence-electron chi connectivity index (χ0n) is 6.79. The highest BCUT2D eigenvalue weighted by Crippen LogP contribution is 2.40. The maximum absolute atomic E-state index is 8.69. The van der Waals surface area contributed by atoms with Crippen LogP contribution in [-0.4, -0.2) is 10.9 Å². The van der Waals surface area contributed by atoms with Crippen LogP contribution in [0.4, 0.5) is 0 Å². The van der Waals surface area contributed by atoms with Gasteiger partial charge in [-0.05, 0) is 31.6 Å². The molecule has 0 aromatic carbocycles. The van der Waals surface area contributed by atoms with Crippen LogP contribution < -0.4 is 0 Å². The lowest BCUT2D eigenvalue weighted by molar-refractivity contribution is 0.294. The molecular weight excluding hydrogens is 138 g/mol. The maximum atomic E-state index is 8.69. The average molecular weight is 153 g/mol. The Labute approximate surface area is 67.3 Å².